The second-order valence-electron chi connectivity index (χ2n) is 8.00. The van der Waals surface area contributed by atoms with Crippen molar-refractivity contribution >= 4 is 29.2 Å². The number of ether oxygens (including phenoxy) is 1. The van der Waals surface area contributed by atoms with Gasteiger partial charge in [-0.1, -0.05) is 29.8 Å². The van der Waals surface area contributed by atoms with Gasteiger partial charge in [-0.25, -0.2) is 9.18 Å². The number of benzene rings is 2. The molecule has 2 heterocycles. The van der Waals surface area contributed by atoms with Gasteiger partial charge in [0.25, 0.3) is 0 Å². The third-order valence-corrected chi connectivity index (χ3v) is 5.99. The standard InChI is InChI=1S/C23H25ClFN3O3/c1-15-14-28(20-12-18(24)6-7-21(20)31-15)23(30)27-10-8-16(9-11-27)22(29)26-13-17-4-2-3-5-19(17)25/h2-7,12,15-16H,8-11,13-14H2,1H3,(H,26,29)/t15-/m0/s1. The molecule has 0 spiro atoms. The Kier molecular flexibility index (Phi) is 6.32. The summed E-state index contributed by atoms with van der Waals surface area (Å²) in [6.45, 7) is 3.49. The van der Waals surface area contributed by atoms with Crippen LogP contribution in [0, 0.1) is 11.7 Å². The minimum Gasteiger partial charge on any atom is -0.487 e. The Morgan fingerprint density at radius 3 is 2.68 bits per heavy atom. The average molecular weight is 446 g/mol. The summed E-state index contributed by atoms with van der Waals surface area (Å²) >= 11 is 6.13. The van der Waals surface area contributed by atoms with E-state index in [1.807, 2.05) is 6.92 Å². The second kappa shape index (κ2) is 9.14. The van der Waals surface area contributed by atoms with E-state index in [-0.39, 0.29) is 36.3 Å². The fourth-order valence-electron chi connectivity index (χ4n) is 4.06. The van der Waals surface area contributed by atoms with Gasteiger partial charge in [0.2, 0.25) is 5.91 Å². The highest BCUT2D eigenvalue weighted by Crippen LogP contribution is 2.36. The van der Waals surface area contributed by atoms with Gasteiger partial charge in [-0.05, 0) is 44.0 Å². The molecule has 0 radical (unpaired) electrons. The van der Waals surface area contributed by atoms with E-state index >= 15 is 0 Å². The predicted octanol–water partition coefficient (Wildman–Crippen LogP) is 4.21. The van der Waals surface area contributed by atoms with Crippen LogP contribution >= 0.6 is 11.6 Å². The van der Waals surface area contributed by atoms with Crippen molar-refractivity contribution in [2.75, 3.05) is 24.5 Å². The van der Waals surface area contributed by atoms with Crippen molar-refractivity contribution in [2.24, 2.45) is 5.92 Å². The van der Waals surface area contributed by atoms with E-state index in [1.54, 1.807) is 46.2 Å². The molecule has 6 nitrogen and oxygen atoms in total. The Labute approximate surface area is 185 Å². The number of urea groups is 1. The van der Waals surface area contributed by atoms with E-state index in [1.165, 1.54) is 6.07 Å². The molecule has 2 aromatic rings. The van der Waals surface area contributed by atoms with Gasteiger partial charge < -0.3 is 15.0 Å². The molecule has 0 unspecified atom stereocenters. The molecule has 0 aromatic heterocycles. The molecular formula is C23H25ClFN3O3. The number of likely N-dealkylation sites (tertiary alicyclic amines) is 1. The van der Waals surface area contributed by atoms with Gasteiger partial charge in [-0.15, -0.1) is 0 Å². The molecule has 1 fully saturated rings. The Hall–Kier alpha value is -2.80. The molecular weight excluding hydrogens is 421 g/mol. The lowest BCUT2D eigenvalue weighted by Gasteiger charge is -2.39. The van der Waals surface area contributed by atoms with Crippen LogP contribution in [0.2, 0.25) is 5.02 Å². The summed E-state index contributed by atoms with van der Waals surface area (Å²) in [6.07, 6.45) is 1.01. The van der Waals surface area contributed by atoms with Crippen LogP contribution < -0.4 is 15.0 Å². The largest absolute Gasteiger partial charge is 0.487 e. The molecule has 2 aliphatic rings. The Balaban J connectivity index is 1.35. The molecule has 1 atom stereocenters. The van der Waals surface area contributed by atoms with Crippen LogP contribution in [0.5, 0.6) is 5.75 Å². The first-order valence-electron chi connectivity index (χ1n) is 10.5. The number of carbonyl (C=O) groups excluding carboxylic acids is 2. The molecule has 2 aliphatic heterocycles. The normalized spacial score (nSPS) is 18.9. The van der Waals surface area contributed by atoms with Crippen LogP contribution in [-0.2, 0) is 11.3 Å². The summed E-state index contributed by atoms with van der Waals surface area (Å²) in [5.41, 5.74) is 1.13. The molecule has 1 N–H and O–H groups in total. The van der Waals surface area contributed by atoms with Crippen molar-refractivity contribution < 1.29 is 18.7 Å². The second-order valence-corrected chi connectivity index (χ2v) is 8.44. The predicted molar refractivity (Wildman–Crippen MR) is 117 cm³/mol. The lowest BCUT2D eigenvalue weighted by Crippen LogP contribution is -2.52. The molecule has 2 aromatic carbocycles. The maximum absolute atomic E-state index is 13.7. The number of amides is 3. The van der Waals surface area contributed by atoms with Gasteiger partial charge >= 0.3 is 6.03 Å². The summed E-state index contributed by atoms with van der Waals surface area (Å²) in [7, 11) is 0. The molecule has 1 saturated heterocycles. The highest BCUT2D eigenvalue weighted by atomic mass is 35.5. The molecule has 164 valence electrons. The summed E-state index contributed by atoms with van der Waals surface area (Å²) in [5.74, 6) is 0.0101. The van der Waals surface area contributed by atoms with Gasteiger partial charge in [0.1, 0.15) is 17.7 Å². The summed E-state index contributed by atoms with van der Waals surface area (Å²) < 4.78 is 19.6. The highest BCUT2D eigenvalue weighted by molar-refractivity contribution is 6.31. The molecule has 31 heavy (non-hydrogen) atoms. The zero-order valence-corrected chi connectivity index (χ0v) is 18.1. The number of halogens is 2. The van der Waals surface area contributed by atoms with Crippen molar-refractivity contribution in [1.29, 1.82) is 0 Å². The van der Waals surface area contributed by atoms with Gasteiger partial charge in [0, 0.05) is 36.1 Å². The zero-order valence-electron chi connectivity index (χ0n) is 17.3. The third kappa shape index (κ3) is 4.77. The number of piperidine rings is 1. The van der Waals surface area contributed by atoms with Crippen molar-refractivity contribution in [3.8, 4) is 5.75 Å². The lowest BCUT2D eigenvalue weighted by molar-refractivity contribution is -0.126. The minimum absolute atomic E-state index is 0.104. The van der Waals surface area contributed by atoms with E-state index in [0.29, 0.717) is 54.5 Å². The topological polar surface area (TPSA) is 61.9 Å². The molecule has 4 rings (SSSR count). The van der Waals surface area contributed by atoms with E-state index in [2.05, 4.69) is 5.32 Å². The number of nitrogens with one attached hydrogen (secondary N) is 1. The summed E-state index contributed by atoms with van der Waals surface area (Å²) in [5, 5.41) is 3.36. The number of fused-ring (bicyclic) bond motifs is 1. The maximum Gasteiger partial charge on any atom is 0.324 e. The number of hydrogen-bond acceptors (Lipinski definition) is 3. The van der Waals surface area contributed by atoms with Crippen LogP contribution in [0.4, 0.5) is 14.9 Å². The Morgan fingerprint density at radius 2 is 1.94 bits per heavy atom. The number of carbonyl (C=O) groups is 2. The first-order chi connectivity index (χ1) is 14.9. The zero-order chi connectivity index (χ0) is 22.0. The number of anilines is 1. The fraction of sp³-hybridized carbons (Fsp3) is 0.391. The molecule has 3 amide bonds. The van der Waals surface area contributed by atoms with E-state index < -0.39 is 0 Å². The van der Waals surface area contributed by atoms with Crippen molar-refractivity contribution in [3.05, 3.63) is 58.9 Å². The molecule has 0 bridgehead atoms. The number of nitrogens with zero attached hydrogens (tertiary/aromatic N) is 2. The van der Waals surface area contributed by atoms with Gasteiger partial charge in [-0.2, -0.15) is 0 Å². The van der Waals surface area contributed by atoms with Gasteiger partial charge in [0.15, 0.2) is 0 Å². The Morgan fingerprint density at radius 1 is 1.19 bits per heavy atom. The monoisotopic (exact) mass is 445 g/mol. The highest BCUT2D eigenvalue weighted by Gasteiger charge is 2.34. The first-order valence-corrected chi connectivity index (χ1v) is 10.8. The third-order valence-electron chi connectivity index (χ3n) is 5.76. The number of rotatable bonds is 3. The van der Waals surface area contributed by atoms with Crippen LogP contribution in [0.25, 0.3) is 0 Å². The van der Waals surface area contributed by atoms with Crippen LogP contribution in [-0.4, -0.2) is 42.6 Å². The maximum atomic E-state index is 13.7. The molecule has 0 aliphatic carbocycles. The van der Waals surface area contributed by atoms with Crippen molar-refractivity contribution in [3.63, 3.8) is 0 Å². The van der Waals surface area contributed by atoms with E-state index in [0.717, 1.165) is 0 Å². The summed E-state index contributed by atoms with van der Waals surface area (Å²) in [6, 6.07) is 11.6. The number of hydrogen-bond donors (Lipinski definition) is 1. The fourth-order valence-corrected chi connectivity index (χ4v) is 4.23. The van der Waals surface area contributed by atoms with E-state index in [9.17, 15) is 14.0 Å². The average Bonchev–Trinajstić information content (AvgIpc) is 2.77. The molecule has 8 heteroatoms. The van der Waals surface area contributed by atoms with Crippen molar-refractivity contribution in [2.45, 2.75) is 32.4 Å². The van der Waals surface area contributed by atoms with Crippen LogP contribution in [0.1, 0.15) is 25.3 Å². The van der Waals surface area contributed by atoms with E-state index in [4.69, 9.17) is 16.3 Å². The SMILES string of the molecule is C[C@H]1CN(C(=O)N2CCC(C(=O)NCc3ccccc3F)CC2)c2cc(Cl)ccc2O1. The lowest BCUT2D eigenvalue weighted by atomic mass is 9.96. The minimum atomic E-state index is -0.330. The Bertz CT molecular complexity index is 978. The van der Waals surface area contributed by atoms with Crippen LogP contribution in [0.15, 0.2) is 42.5 Å². The summed E-state index contributed by atoms with van der Waals surface area (Å²) in [4.78, 5) is 29.2. The van der Waals surface area contributed by atoms with Crippen molar-refractivity contribution in [1.82, 2.24) is 10.2 Å². The van der Waals surface area contributed by atoms with Crippen LogP contribution in [0.3, 0.4) is 0 Å². The van der Waals surface area contributed by atoms with Gasteiger partial charge in [-0.3, -0.25) is 9.69 Å². The molecule has 0 saturated carbocycles. The van der Waals surface area contributed by atoms with Gasteiger partial charge in [0.05, 0.1) is 12.2 Å². The smallest absolute Gasteiger partial charge is 0.324 e. The first kappa shape index (κ1) is 21.4. The quantitative estimate of drug-likeness (QED) is 0.769.